The molecule has 4 aromatic rings. The van der Waals surface area contributed by atoms with Crippen LogP contribution >= 0.6 is 0 Å². The Kier molecular flexibility index (Phi) is 5.79. The third-order valence-electron chi connectivity index (χ3n) is 6.61. The van der Waals surface area contributed by atoms with Gasteiger partial charge in [0.05, 0.1) is 16.4 Å². The molecular weight excluding hydrogens is 428 g/mol. The second-order valence-electron chi connectivity index (χ2n) is 8.64. The van der Waals surface area contributed by atoms with Crippen molar-refractivity contribution >= 4 is 17.0 Å². The van der Waals surface area contributed by atoms with Gasteiger partial charge in [0, 0.05) is 12.5 Å². The van der Waals surface area contributed by atoms with Crippen LogP contribution in [0.1, 0.15) is 54.1 Å². The van der Waals surface area contributed by atoms with Crippen LogP contribution in [0.2, 0.25) is 0 Å². The second-order valence-corrected chi connectivity index (χ2v) is 8.64. The van der Waals surface area contributed by atoms with E-state index in [0.29, 0.717) is 17.9 Å². The van der Waals surface area contributed by atoms with E-state index in [9.17, 15) is 9.90 Å². The van der Waals surface area contributed by atoms with E-state index < -0.39 is 11.4 Å². The van der Waals surface area contributed by atoms with Crippen LogP contribution in [0.4, 0.5) is 0 Å². The fourth-order valence-corrected chi connectivity index (χ4v) is 5.12. The van der Waals surface area contributed by atoms with Gasteiger partial charge in [0.25, 0.3) is 0 Å². The number of H-pyrrole nitrogens is 1. The standard InChI is InChI=1S/C26H26N6O2/c1-2-3-15-26(25-28-30-31-29-25)16-9-12-19(22(26)18-10-5-4-6-11-18)17-32-21-14-8-7-13-20(21)27-23(32)24(33)34/h4-14,16,22H,2-3,15,17H2,1H3,(H,33,34)(H,28,29,30,31). The summed E-state index contributed by atoms with van der Waals surface area (Å²) < 4.78 is 1.79. The molecule has 1 aliphatic rings. The normalized spacial score (nSPS) is 19.9. The Labute approximate surface area is 197 Å². The molecule has 2 N–H and O–H groups in total. The van der Waals surface area contributed by atoms with Gasteiger partial charge in [0.1, 0.15) is 0 Å². The third-order valence-corrected chi connectivity index (χ3v) is 6.61. The first kappa shape index (κ1) is 21.8. The van der Waals surface area contributed by atoms with Crippen LogP contribution in [0.3, 0.4) is 0 Å². The Morgan fingerprint density at radius 2 is 1.94 bits per heavy atom. The van der Waals surface area contributed by atoms with Gasteiger partial charge < -0.3 is 9.67 Å². The topological polar surface area (TPSA) is 110 Å². The molecule has 0 bridgehead atoms. The molecule has 5 rings (SSSR count). The lowest BCUT2D eigenvalue weighted by atomic mass is 9.63. The quantitative estimate of drug-likeness (QED) is 0.401. The van der Waals surface area contributed by atoms with Crippen LogP contribution in [0.25, 0.3) is 11.0 Å². The Balaban J connectivity index is 1.68. The van der Waals surface area contributed by atoms with Crippen molar-refractivity contribution in [2.75, 3.05) is 0 Å². The summed E-state index contributed by atoms with van der Waals surface area (Å²) in [5, 5.41) is 25.3. The number of carboxylic acid groups (broad SMARTS) is 1. The van der Waals surface area contributed by atoms with E-state index in [1.54, 1.807) is 4.57 Å². The lowest BCUT2D eigenvalue weighted by molar-refractivity contribution is 0.0679. The van der Waals surface area contributed by atoms with Gasteiger partial charge in [-0.3, -0.25) is 0 Å². The lowest BCUT2D eigenvalue weighted by Crippen LogP contribution is -2.37. The molecule has 8 nitrogen and oxygen atoms in total. The number of nitrogens with zero attached hydrogens (tertiary/aromatic N) is 5. The van der Waals surface area contributed by atoms with Crippen molar-refractivity contribution in [2.24, 2.45) is 0 Å². The maximum atomic E-state index is 12.1. The average molecular weight is 455 g/mol. The zero-order valence-corrected chi connectivity index (χ0v) is 18.9. The van der Waals surface area contributed by atoms with Gasteiger partial charge in [-0.25, -0.2) is 9.78 Å². The Hall–Kier alpha value is -4.07. The number of hydrogen-bond acceptors (Lipinski definition) is 5. The van der Waals surface area contributed by atoms with Gasteiger partial charge in [-0.15, -0.1) is 10.2 Å². The summed E-state index contributed by atoms with van der Waals surface area (Å²) in [7, 11) is 0. The molecule has 0 spiro atoms. The van der Waals surface area contributed by atoms with Crippen molar-refractivity contribution in [1.29, 1.82) is 0 Å². The van der Waals surface area contributed by atoms with Gasteiger partial charge in [0.2, 0.25) is 5.82 Å². The van der Waals surface area contributed by atoms with Crippen molar-refractivity contribution in [3.8, 4) is 0 Å². The first-order valence-corrected chi connectivity index (χ1v) is 11.5. The van der Waals surface area contributed by atoms with Gasteiger partial charge in [-0.2, -0.15) is 5.21 Å². The number of tetrazole rings is 1. The van der Waals surface area contributed by atoms with Gasteiger partial charge in [0.15, 0.2) is 5.82 Å². The first-order valence-electron chi connectivity index (χ1n) is 11.5. The molecule has 0 fully saturated rings. The van der Waals surface area contributed by atoms with E-state index in [1.807, 2.05) is 48.5 Å². The number of allylic oxidation sites excluding steroid dienone is 4. The zero-order chi connectivity index (χ0) is 23.5. The summed E-state index contributed by atoms with van der Waals surface area (Å²) in [5.74, 6) is -0.465. The summed E-state index contributed by atoms with van der Waals surface area (Å²) >= 11 is 0. The number of para-hydroxylation sites is 2. The van der Waals surface area contributed by atoms with Crippen molar-refractivity contribution in [2.45, 2.75) is 44.1 Å². The highest BCUT2D eigenvalue weighted by Crippen LogP contribution is 2.49. The molecular formula is C26H26N6O2. The van der Waals surface area contributed by atoms with Crippen LogP contribution < -0.4 is 0 Å². The highest BCUT2D eigenvalue weighted by molar-refractivity contribution is 5.89. The van der Waals surface area contributed by atoms with E-state index in [4.69, 9.17) is 0 Å². The molecule has 0 saturated carbocycles. The van der Waals surface area contributed by atoms with E-state index in [-0.39, 0.29) is 11.7 Å². The molecule has 2 heterocycles. The fraction of sp³-hybridized carbons (Fsp3) is 0.269. The van der Waals surface area contributed by atoms with E-state index in [1.165, 1.54) is 0 Å². The smallest absolute Gasteiger partial charge is 0.372 e. The predicted octanol–water partition coefficient (Wildman–Crippen LogP) is 4.66. The molecule has 0 amide bonds. The summed E-state index contributed by atoms with van der Waals surface area (Å²) in [6, 6.07) is 17.8. The highest BCUT2D eigenvalue weighted by Gasteiger charge is 2.45. The number of benzene rings is 2. The highest BCUT2D eigenvalue weighted by atomic mass is 16.4. The monoisotopic (exact) mass is 454 g/mol. The molecule has 2 aromatic heterocycles. The van der Waals surface area contributed by atoms with Gasteiger partial charge in [-0.1, -0.05) is 85.7 Å². The lowest BCUT2D eigenvalue weighted by Gasteiger charge is -2.40. The van der Waals surface area contributed by atoms with Crippen molar-refractivity contribution in [3.63, 3.8) is 0 Å². The number of imidazole rings is 1. The molecule has 0 radical (unpaired) electrons. The van der Waals surface area contributed by atoms with Crippen LogP contribution in [0, 0.1) is 0 Å². The number of rotatable bonds is 8. The van der Waals surface area contributed by atoms with Crippen molar-refractivity contribution in [1.82, 2.24) is 30.2 Å². The molecule has 1 aliphatic carbocycles. The average Bonchev–Trinajstić information content (AvgIpc) is 3.53. The van der Waals surface area contributed by atoms with Crippen LogP contribution in [-0.4, -0.2) is 41.3 Å². The number of aromatic carboxylic acids is 1. The van der Waals surface area contributed by atoms with Crippen LogP contribution in [-0.2, 0) is 12.0 Å². The van der Waals surface area contributed by atoms with Crippen molar-refractivity contribution < 1.29 is 9.90 Å². The Bertz CT molecular complexity index is 1360. The number of aromatic nitrogens is 6. The minimum Gasteiger partial charge on any atom is -0.475 e. The molecule has 2 aromatic carbocycles. The summed E-state index contributed by atoms with van der Waals surface area (Å²) in [6.45, 7) is 2.55. The zero-order valence-electron chi connectivity index (χ0n) is 18.9. The molecule has 8 heteroatoms. The minimum absolute atomic E-state index is 0.0298. The number of unbranched alkanes of at least 4 members (excludes halogenated alkanes) is 1. The molecule has 172 valence electrons. The molecule has 0 saturated heterocycles. The van der Waals surface area contributed by atoms with E-state index in [2.05, 4.69) is 56.8 Å². The number of aromatic amines is 1. The van der Waals surface area contributed by atoms with Crippen LogP contribution in [0.15, 0.2) is 78.4 Å². The minimum atomic E-state index is -1.05. The van der Waals surface area contributed by atoms with Crippen LogP contribution in [0.5, 0.6) is 0 Å². The molecule has 34 heavy (non-hydrogen) atoms. The van der Waals surface area contributed by atoms with E-state index in [0.717, 1.165) is 35.9 Å². The number of fused-ring (bicyclic) bond motifs is 1. The maximum absolute atomic E-state index is 12.1. The Morgan fingerprint density at radius 3 is 2.68 bits per heavy atom. The Morgan fingerprint density at radius 1 is 1.15 bits per heavy atom. The maximum Gasteiger partial charge on any atom is 0.372 e. The van der Waals surface area contributed by atoms with Crippen molar-refractivity contribution in [3.05, 3.63) is 95.6 Å². The number of hydrogen-bond donors (Lipinski definition) is 2. The third kappa shape index (κ3) is 3.71. The number of carboxylic acids is 1. The number of carbonyl (C=O) groups is 1. The first-order chi connectivity index (χ1) is 16.6. The van der Waals surface area contributed by atoms with E-state index >= 15 is 0 Å². The molecule has 0 aliphatic heterocycles. The second kappa shape index (κ2) is 9.05. The summed E-state index contributed by atoms with van der Waals surface area (Å²) in [4.78, 5) is 16.5. The van der Waals surface area contributed by atoms with Gasteiger partial charge >= 0.3 is 5.97 Å². The summed E-state index contributed by atoms with van der Waals surface area (Å²) in [5.41, 5.74) is 3.15. The molecule has 2 atom stereocenters. The predicted molar refractivity (Wildman–Crippen MR) is 128 cm³/mol. The largest absolute Gasteiger partial charge is 0.475 e. The number of nitrogens with one attached hydrogen (secondary N) is 1. The van der Waals surface area contributed by atoms with Gasteiger partial charge in [-0.05, 0) is 29.7 Å². The SMILES string of the molecule is CCCCC1(c2nn[nH]n2)C=CC=C(Cn2c(C(=O)O)nc3ccccc32)C1c1ccccc1. The summed E-state index contributed by atoms with van der Waals surface area (Å²) in [6.07, 6.45) is 9.17. The fourth-order valence-electron chi connectivity index (χ4n) is 5.12. The molecule has 2 unspecified atom stereocenters.